The minimum absolute atomic E-state index is 0. The summed E-state index contributed by atoms with van der Waals surface area (Å²) in [5, 5.41) is 3.38. The fraction of sp³-hybridized carbons (Fsp3) is 0.111. The van der Waals surface area contributed by atoms with E-state index >= 15 is 0 Å². The molecule has 0 saturated carbocycles. The van der Waals surface area contributed by atoms with Crippen molar-refractivity contribution in [2.24, 2.45) is 0 Å². The highest BCUT2D eigenvalue weighted by molar-refractivity contribution is 7.95. The smallest absolute Gasteiger partial charge is 0.419 e. The molecule has 0 aliphatic carbocycles. The van der Waals surface area contributed by atoms with E-state index in [1.807, 2.05) is 54.6 Å². The Labute approximate surface area is 203 Å². The van der Waals surface area contributed by atoms with E-state index in [-0.39, 0.29) is 22.7 Å². The highest BCUT2D eigenvalue weighted by Gasteiger charge is 2.46. The number of halogens is 4. The summed E-state index contributed by atoms with van der Waals surface area (Å²) in [4.78, 5) is 0. The maximum absolute atomic E-state index is 13.7. The molecular weight excluding hydrogens is 508 g/mol. The molecule has 0 bridgehead atoms. The van der Waals surface area contributed by atoms with Gasteiger partial charge in [0.1, 0.15) is 28.9 Å². The van der Waals surface area contributed by atoms with Crippen molar-refractivity contribution in [3.63, 3.8) is 0 Å². The van der Waals surface area contributed by atoms with E-state index in [4.69, 9.17) is 4.74 Å². The lowest BCUT2D eigenvalue weighted by molar-refractivity contribution is -0.138. The van der Waals surface area contributed by atoms with Crippen LogP contribution in [0.25, 0.3) is 0 Å². The molecule has 0 amide bonds. The highest BCUT2D eigenvalue weighted by Crippen LogP contribution is 2.58. The van der Waals surface area contributed by atoms with E-state index in [1.54, 1.807) is 6.07 Å². The van der Waals surface area contributed by atoms with Gasteiger partial charge in [0.2, 0.25) is 0 Å². The van der Waals surface area contributed by atoms with E-state index in [1.165, 1.54) is 19.2 Å². The normalized spacial score (nSPS) is 11.5. The van der Waals surface area contributed by atoms with Crippen LogP contribution in [0.4, 0.5) is 13.2 Å². The molecule has 0 atom stereocenters. The second kappa shape index (κ2) is 10.5. The Morgan fingerprint density at radius 3 is 1.45 bits per heavy atom. The molecule has 4 aromatic carbocycles. The first-order valence-electron chi connectivity index (χ1n) is 10.2. The third kappa shape index (κ3) is 5.15. The predicted molar refractivity (Wildman–Crippen MR) is 127 cm³/mol. The van der Waals surface area contributed by atoms with Crippen LogP contribution in [0.15, 0.2) is 109 Å². The van der Waals surface area contributed by atoms with Crippen molar-refractivity contribution in [3.05, 3.63) is 120 Å². The van der Waals surface area contributed by atoms with Gasteiger partial charge >= 0.3 is 6.18 Å². The van der Waals surface area contributed by atoms with E-state index in [0.29, 0.717) is 11.7 Å². The molecule has 0 N–H and O–H groups in total. The van der Waals surface area contributed by atoms with Crippen molar-refractivity contribution in [2.75, 3.05) is 7.11 Å². The summed E-state index contributed by atoms with van der Waals surface area (Å²) in [6.07, 6.45) is -4.02. The molecule has 0 aromatic heterocycles. The number of hydrogen-bond donors (Lipinski definition) is 0. The fourth-order valence-corrected chi connectivity index (χ4v) is 8.35. The van der Waals surface area contributed by atoms with Crippen LogP contribution in [0.5, 0.6) is 5.75 Å². The van der Waals surface area contributed by atoms with Crippen LogP contribution in [0.2, 0.25) is 0 Å². The van der Waals surface area contributed by atoms with Gasteiger partial charge in [-0.05, 0) is 54.1 Å². The quantitative estimate of drug-likeness (QED) is 0.348. The number of ether oxygens (including phenoxy) is 1. The molecule has 0 heterocycles. The lowest BCUT2D eigenvalue weighted by Crippen LogP contribution is -3.00. The van der Waals surface area contributed by atoms with E-state index in [9.17, 15) is 13.2 Å². The second-order valence-electron chi connectivity index (χ2n) is 7.51. The summed E-state index contributed by atoms with van der Waals surface area (Å²) in [6.45, 7) is 0. The summed E-state index contributed by atoms with van der Waals surface area (Å²) in [5.41, 5.74) is -0.118. The molecule has 0 aliphatic rings. The molecule has 0 spiro atoms. The third-order valence-corrected chi connectivity index (χ3v) is 9.96. The molecule has 33 heavy (non-hydrogen) atoms. The van der Waals surface area contributed by atoms with Crippen molar-refractivity contribution in [2.45, 2.75) is 12.3 Å². The van der Waals surface area contributed by atoms with Gasteiger partial charge in [-0.3, -0.25) is 0 Å². The van der Waals surface area contributed by atoms with E-state index < -0.39 is 19.0 Å². The lowest BCUT2D eigenvalue weighted by Gasteiger charge is -2.28. The molecule has 170 valence electrons. The van der Waals surface area contributed by atoms with Crippen molar-refractivity contribution in [1.29, 1.82) is 0 Å². The zero-order valence-corrected chi connectivity index (χ0v) is 20.4. The summed E-state index contributed by atoms with van der Waals surface area (Å²) < 4.78 is 46.2. The maximum Gasteiger partial charge on any atom is 0.419 e. The van der Waals surface area contributed by atoms with Crippen molar-refractivity contribution < 1.29 is 34.9 Å². The van der Waals surface area contributed by atoms with E-state index in [0.717, 1.165) is 15.9 Å². The maximum atomic E-state index is 13.7. The Kier molecular flexibility index (Phi) is 7.99. The first-order chi connectivity index (χ1) is 15.4. The van der Waals surface area contributed by atoms with Gasteiger partial charge in [0.25, 0.3) is 0 Å². The molecule has 0 aliphatic heterocycles. The molecule has 0 unspecified atom stereocenters. The SMILES string of the molecule is COc1ccc(C[P+](c2ccccc2)(c2ccccc2)c2ccccc2)cc1C(F)(F)F.[Br-]. The topological polar surface area (TPSA) is 9.23 Å². The fourth-order valence-electron chi connectivity index (χ4n) is 4.12. The number of methoxy groups -OCH3 is 1. The van der Waals surface area contributed by atoms with Gasteiger partial charge in [-0.2, -0.15) is 13.2 Å². The monoisotopic (exact) mass is 530 g/mol. The minimum atomic E-state index is -4.49. The third-order valence-electron chi connectivity index (χ3n) is 5.58. The Hall–Kier alpha value is -2.62. The van der Waals surface area contributed by atoms with Crippen LogP contribution in [0.3, 0.4) is 0 Å². The average molecular weight is 531 g/mol. The van der Waals surface area contributed by atoms with Crippen molar-refractivity contribution in [1.82, 2.24) is 0 Å². The van der Waals surface area contributed by atoms with Crippen LogP contribution in [-0.4, -0.2) is 7.11 Å². The lowest BCUT2D eigenvalue weighted by atomic mass is 10.1. The Bertz CT molecular complexity index is 1070. The summed E-state index contributed by atoms with van der Waals surface area (Å²) in [6, 6.07) is 34.8. The minimum Gasteiger partial charge on any atom is -1.00 e. The number of benzene rings is 4. The molecule has 4 aromatic rings. The second-order valence-corrected chi connectivity index (χ2v) is 11.0. The summed E-state index contributed by atoms with van der Waals surface area (Å²) >= 11 is 0. The summed E-state index contributed by atoms with van der Waals surface area (Å²) in [5.74, 6) is -0.163. The molecule has 1 nitrogen and oxygen atoms in total. The van der Waals surface area contributed by atoms with Crippen LogP contribution >= 0.6 is 7.26 Å². The first kappa shape index (κ1) is 25.0. The molecule has 4 rings (SSSR count). The Balaban J connectivity index is 0.00000306. The van der Waals surface area contributed by atoms with Crippen molar-refractivity contribution >= 4 is 23.2 Å². The van der Waals surface area contributed by atoms with Gasteiger partial charge in [-0.25, -0.2) is 0 Å². The van der Waals surface area contributed by atoms with Gasteiger partial charge in [0.05, 0.1) is 18.8 Å². The predicted octanol–water partition coefficient (Wildman–Crippen LogP) is 3.21. The largest absolute Gasteiger partial charge is 1.00 e. The molecule has 6 heteroatoms. The first-order valence-corrected chi connectivity index (χ1v) is 12.2. The Morgan fingerprint density at radius 1 is 0.667 bits per heavy atom. The molecule has 0 radical (unpaired) electrons. The van der Waals surface area contributed by atoms with Crippen LogP contribution in [-0.2, 0) is 12.3 Å². The number of alkyl halides is 3. The van der Waals surface area contributed by atoms with Crippen molar-refractivity contribution in [3.8, 4) is 5.75 Å². The van der Waals surface area contributed by atoms with Gasteiger partial charge in [-0.1, -0.05) is 60.7 Å². The number of hydrogen-bond acceptors (Lipinski definition) is 1. The van der Waals surface area contributed by atoms with Gasteiger partial charge in [0, 0.05) is 0 Å². The van der Waals surface area contributed by atoms with Crippen LogP contribution in [0.1, 0.15) is 11.1 Å². The molecule has 0 fully saturated rings. The van der Waals surface area contributed by atoms with Crippen LogP contribution < -0.4 is 37.6 Å². The highest BCUT2D eigenvalue weighted by atomic mass is 79.9. The average Bonchev–Trinajstić information content (AvgIpc) is 2.83. The van der Waals surface area contributed by atoms with E-state index in [2.05, 4.69) is 36.4 Å². The zero-order valence-electron chi connectivity index (χ0n) is 18.0. The van der Waals surface area contributed by atoms with Gasteiger partial charge in [0.15, 0.2) is 0 Å². The molecule has 0 saturated heterocycles. The standard InChI is InChI=1S/C27H23F3OP.BrH/c1-31-26-18-17-21(19-25(26)27(28,29)30)20-32(22-11-5-2-6-12-22,23-13-7-3-8-14-23)24-15-9-4-10-16-24;/h2-19H,20H2,1H3;1H/q+1;/p-1. The van der Waals surface area contributed by atoms with Gasteiger partial charge < -0.3 is 21.7 Å². The molecular formula is C27H23BrF3OP. The summed E-state index contributed by atoms with van der Waals surface area (Å²) in [7, 11) is -1.02. The van der Waals surface area contributed by atoms with Crippen LogP contribution in [0, 0.1) is 0 Å². The Morgan fingerprint density at radius 2 is 1.09 bits per heavy atom. The van der Waals surface area contributed by atoms with Gasteiger partial charge in [-0.15, -0.1) is 0 Å². The zero-order chi connectivity index (χ0) is 22.6. The number of rotatable bonds is 6.